The minimum atomic E-state index is -0.556. The summed E-state index contributed by atoms with van der Waals surface area (Å²) in [6.07, 6.45) is 0.678. The normalized spacial score (nSPS) is 26.8. The molecule has 0 aromatic heterocycles. The number of amides is 3. The summed E-state index contributed by atoms with van der Waals surface area (Å²) >= 11 is 0. The van der Waals surface area contributed by atoms with Gasteiger partial charge in [-0.2, -0.15) is 0 Å². The van der Waals surface area contributed by atoms with Crippen molar-refractivity contribution in [1.29, 1.82) is 0 Å². The maximum absolute atomic E-state index is 12.9. The molecule has 1 aromatic rings. The zero-order valence-electron chi connectivity index (χ0n) is 15.0. The number of piperazine rings is 1. The fourth-order valence-electron chi connectivity index (χ4n) is 4.19. The van der Waals surface area contributed by atoms with Crippen molar-refractivity contribution in [2.24, 2.45) is 0 Å². The summed E-state index contributed by atoms with van der Waals surface area (Å²) < 4.78 is 0. The van der Waals surface area contributed by atoms with E-state index >= 15 is 0 Å². The smallest absolute Gasteiger partial charge is 0.255 e. The third-order valence-electron chi connectivity index (χ3n) is 5.53. The van der Waals surface area contributed by atoms with Gasteiger partial charge < -0.3 is 10.2 Å². The summed E-state index contributed by atoms with van der Waals surface area (Å²) in [6, 6.07) is 5.74. The first-order valence-electron chi connectivity index (χ1n) is 9.24. The van der Waals surface area contributed by atoms with E-state index in [4.69, 9.17) is 0 Å². The highest BCUT2D eigenvalue weighted by Gasteiger charge is 2.39. The second-order valence-corrected chi connectivity index (χ2v) is 7.43. The van der Waals surface area contributed by atoms with Crippen LogP contribution in [-0.2, 0) is 22.7 Å². The van der Waals surface area contributed by atoms with Crippen LogP contribution >= 0.6 is 0 Å². The molecule has 4 rings (SSSR count). The van der Waals surface area contributed by atoms with Crippen molar-refractivity contribution in [3.05, 3.63) is 34.9 Å². The van der Waals surface area contributed by atoms with Gasteiger partial charge in [-0.25, -0.2) is 0 Å². The predicted octanol–water partition coefficient (Wildman–Crippen LogP) is 0.241. The standard InChI is InChI=1S/C19H24N4O3/c1-12-9-22(8-7-20-12)10-13-3-2-4-14-15(13)11-23(19(14)26)16-5-6-17(24)21-18(16)25/h2-4,12,16,20H,5-11H2,1H3,(H,21,24,25)/t12-,16?/m1/s1. The molecule has 7 heteroatoms. The van der Waals surface area contributed by atoms with E-state index < -0.39 is 6.04 Å². The molecule has 3 aliphatic rings. The van der Waals surface area contributed by atoms with E-state index in [9.17, 15) is 14.4 Å². The number of carbonyl (C=O) groups is 3. The van der Waals surface area contributed by atoms with Gasteiger partial charge in [-0.3, -0.25) is 24.6 Å². The van der Waals surface area contributed by atoms with Gasteiger partial charge in [0.2, 0.25) is 11.8 Å². The molecule has 3 aliphatic heterocycles. The molecule has 1 unspecified atom stereocenters. The number of fused-ring (bicyclic) bond motifs is 1. The van der Waals surface area contributed by atoms with Gasteiger partial charge in [-0.05, 0) is 30.5 Å². The molecule has 1 aromatic carbocycles. The summed E-state index contributed by atoms with van der Waals surface area (Å²) in [6.45, 7) is 6.37. The number of rotatable bonds is 3. The van der Waals surface area contributed by atoms with Gasteiger partial charge in [0.1, 0.15) is 6.04 Å². The second kappa shape index (κ2) is 6.81. The fourth-order valence-corrected chi connectivity index (χ4v) is 4.19. The molecule has 0 spiro atoms. The summed E-state index contributed by atoms with van der Waals surface area (Å²) in [5.41, 5.74) is 2.86. The summed E-state index contributed by atoms with van der Waals surface area (Å²) in [5, 5.41) is 5.79. The van der Waals surface area contributed by atoms with Crippen LogP contribution < -0.4 is 10.6 Å². The largest absolute Gasteiger partial charge is 0.322 e. The Kier molecular flexibility index (Phi) is 4.50. The van der Waals surface area contributed by atoms with Crippen LogP contribution in [0.2, 0.25) is 0 Å². The Hall–Kier alpha value is -2.25. The lowest BCUT2D eigenvalue weighted by molar-refractivity contribution is -0.136. The Balaban J connectivity index is 1.54. The molecule has 2 atom stereocenters. The number of nitrogens with zero attached hydrogens (tertiary/aromatic N) is 2. The lowest BCUT2D eigenvalue weighted by Gasteiger charge is -2.32. The Morgan fingerprint density at radius 1 is 1.23 bits per heavy atom. The van der Waals surface area contributed by atoms with Crippen molar-refractivity contribution in [2.45, 2.75) is 44.9 Å². The van der Waals surface area contributed by atoms with E-state index in [2.05, 4.69) is 28.5 Å². The molecular weight excluding hydrogens is 332 g/mol. The van der Waals surface area contributed by atoms with E-state index in [1.54, 1.807) is 4.90 Å². The van der Waals surface area contributed by atoms with Gasteiger partial charge in [-0.15, -0.1) is 0 Å². The Morgan fingerprint density at radius 3 is 2.85 bits per heavy atom. The SMILES string of the molecule is C[C@@H]1CN(Cc2cccc3c2CN(C2CCC(=O)NC2=O)C3=O)CCN1. The van der Waals surface area contributed by atoms with Crippen LogP contribution in [0.4, 0.5) is 0 Å². The molecule has 7 nitrogen and oxygen atoms in total. The van der Waals surface area contributed by atoms with Crippen LogP contribution in [0.5, 0.6) is 0 Å². The maximum Gasteiger partial charge on any atom is 0.255 e. The number of imide groups is 1. The van der Waals surface area contributed by atoms with Crippen molar-refractivity contribution >= 4 is 17.7 Å². The van der Waals surface area contributed by atoms with E-state index in [-0.39, 0.29) is 24.1 Å². The minimum Gasteiger partial charge on any atom is -0.322 e. The molecule has 3 heterocycles. The van der Waals surface area contributed by atoms with Gasteiger partial charge in [0.15, 0.2) is 0 Å². The summed E-state index contributed by atoms with van der Waals surface area (Å²) in [7, 11) is 0. The third kappa shape index (κ3) is 3.12. The summed E-state index contributed by atoms with van der Waals surface area (Å²) in [4.78, 5) is 40.5. The van der Waals surface area contributed by atoms with Crippen LogP contribution in [0.1, 0.15) is 41.3 Å². The van der Waals surface area contributed by atoms with Crippen LogP contribution in [0.15, 0.2) is 18.2 Å². The first kappa shape index (κ1) is 17.2. The lowest BCUT2D eigenvalue weighted by atomic mass is 10.0. The molecule has 138 valence electrons. The molecule has 26 heavy (non-hydrogen) atoms. The number of benzene rings is 1. The van der Waals surface area contributed by atoms with Gasteiger partial charge in [-0.1, -0.05) is 12.1 Å². The number of nitrogens with one attached hydrogen (secondary N) is 2. The van der Waals surface area contributed by atoms with Crippen LogP contribution in [-0.4, -0.2) is 59.2 Å². The maximum atomic E-state index is 12.9. The topological polar surface area (TPSA) is 81.8 Å². The van der Waals surface area contributed by atoms with Gasteiger partial charge in [0.25, 0.3) is 5.91 Å². The first-order valence-corrected chi connectivity index (χ1v) is 9.24. The summed E-state index contributed by atoms with van der Waals surface area (Å²) in [5.74, 6) is -0.728. The van der Waals surface area contributed by atoms with Crippen molar-refractivity contribution < 1.29 is 14.4 Å². The van der Waals surface area contributed by atoms with Gasteiger partial charge in [0, 0.05) is 50.7 Å². The van der Waals surface area contributed by atoms with E-state index in [1.807, 2.05) is 12.1 Å². The quantitative estimate of drug-likeness (QED) is 0.759. The van der Waals surface area contributed by atoms with Crippen molar-refractivity contribution in [1.82, 2.24) is 20.4 Å². The molecule has 2 fully saturated rings. The van der Waals surface area contributed by atoms with Crippen LogP contribution in [0.25, 0.3) is 0 Å². The number of hydrogen-bond acceptors (Lipinski definition) is 5. The molecule has 0 saturated carbocycles. The van der Waals surface area contributed by atoms with E-state index in [0.717, 1.165) is 37.3 Å². The first-order chi connectivity index (χ1) is 12.5. The highest BCUT2D eigenvalue weighted by molar-refractivity contribution is 6.05. The van der Waals surface area contributed by atoms with Crippen molar-refractivity contribution in [2.75, 3.05) is 19.6 Å². The number of carbonyl (C=O) groups excluding carboxylic acids is 3. The monoisotopic (exact) mass is 356 g/mol. The molecule has 3 amide bonds. The van der Waals surface area contributed by atoms with Crippen molar-refractivity contribution in [3.63, 3.8) is 0 Å². The third-order valence-corrected chi connectivity index (χ3v) is 5.53. The Bertz CT molecular complexity index is 763. The fraction of sp³-hybridized carbons (Fsp3) is 0.526. The molecule has 2 saturated heterocycles. The molecular formula is C19H24N4O3. The lowest BCUT2D eigenvalue weighted by Crippen LogP contribution is -2.52. The average molecular weight is 356 g/mol. The van der Waals surface area contributed by atoms with Gasteiger partial charge >= 0.3 is 0 Å². The zero-order chi connectivity index (χ0) is 18.3. The predicted molar refractivity (Wildman–Crippen MR) is 95.2 cm³/mol. The molecule has 0 bridgehead atoms. The average Bonchev–Trinajstić information content (AvgIpc) is 2.93. The minimum absolute atomic E-state index is 0.106. The second-order valence-electron chi connectivity index (χ2n) is 7.43. The highest BCUT2D eigenvalue weighted by Crippen LogP contribution is 2.30. The van der Waals surface area contributed by atoms with E-state index in [1.165, 1.54) is 0 Å². The van der Waals surface area contributed by atoms with Crippen molar-refractivity contribution in [3.8, 4) is 0 Å². The number of hydrogen-bond donors (Lipinski definition) is 2. The van der Waals surface area contributed by atoms with Crippen LogP contribution in [0.3, 0.4) is 0 Å². The molecule has 0 radical (unpaired) electrons. The number of piperidine rings is 1. The zero-order valence-corrected chi connectivity index (χ0v) is 15.0. The van der Waals surface area contributed by atoms with Crippen LogP contribution in [0, 0.1) is 0 Å². The van der Waals surface area contributed by atoms with E-state index in [0.29, 0.717) is 24.6 Å². The molecule has 2 N–H and O–H groups in total. The highest BCUT2D eigenvalue weighted by atomic mass is 16.2. The Morgan fingerprint density at radius 2 is 2.08 bits per heavy atom. The molecule has 0 aliphatic carbocycles. The Labute approximate surface area is 152 Å². The van der Waals surface area contributed by atoms with Gasteiger partial charge in [0.05, 0.1) is 0 Å².